The molecule has 0 saturated heterocycles. The Kier molecular flexibility index (Phi) is 3.79. The van der Waals surface area contributed by atoms with Crippen LogP contribution in [0.25, 0.3) is 0 Å². The van der Waals surface area contributed by atoms with Crippen LogP contribution < -0.4 is 4.72 Å². The first kappa shape index (κ1) is 13.9. The van der Waals surface area contributed by atoms with Crippen LogP contribution >= 0.6 is 11.6 Å². The first-order valence-electron chi connectivity index (χ1n) is 5.10. The third-order valence-electron chi connectivity index (χ3n) is 2.23. The van der Waals surface area contributed by atoms with Gasteiger partial charge in [0.05, 0.1) is 10.7 Å². The fourth-order valence-electron chi connectivity index (χ4n) is 1.35. The van der Waals surface area contributed by atoms with Gasteiger partial charge >= 0.3 is 0 Å². The number of nitrogens with one attached hydrogen (secondary N) is 1. The first-order chi connectivity index (χ1) is 8.92. The van der Waals surface area contributed by atoms with Gasteiger partial charge in [0, 0.05) is 0 Å². The molecule has 102 valence electrons. The minimum Gasteiger partial charge on any atom is -0.445 e. The number of aliphatic hydroxyl groups is 1. The molecule has 5 nitrogen and oxygen atoms in total. The van der Waals surface area contributed by atoms with Crippen LogP contribution in [-0.4, -0.2) is 13.5 Å². The molecule has 2 aromatic rings. The Morgan fingerprint density at radius 2 is 2.05 bits per heavy atom. The van der Waals surface area contributed by atoms with Crippen molar-refractivity contribution in [3.05, 3.63) is 46.9 Å². The number of hydrogen-bond acceptors (Lipinski definition) is 4. The van der Waals surface area contributed by atoms with E-state index in [1.165, 1.54) is 18.2 Å². The molecule has 0 aliphatic heterocycles. The monoisotopic (exact) mass is 305 g/mol. The minimum atomic E-state index is -3.97. The third kappa shape index (κ3) is 3.06. The number of benzene rings is 1. The van der Waals surface area contributed by atoms with Gasteiger partial charge in [0.15, 0.2) is 0 Å². The molecular weight excluding hydrogens is 297 g/mol. The molecule has 0 saturated carbocycles. The largest absolute Gasteiger partial charge is 0.445 e. The number of rotatable bonds is 4. The van der Waals surface area contributed by atoms with Crippen molar-refractivity contribution in [1.82, 2.24) is 0 Å². The Balaban J connectivity index is 2.30. The van der Waals surface area contributed by atoms with E-state index in [4.69, 9.17) is 21.1 Å². The highest BCUT2D eigenvalue weighted by atomic mass is 35.5. The molecule has 0 unspecified atom stereocenters. The standard InChI is InChI=1S/C11H9ClFNO4S/c12-9-5-7(13)1-3-10(9)14-19(16,17)11-4-2-8(6-15)18-11/h1-5,14-15H,6H2. The highest BCUT2D eigenvalue weighted by molar-refractivity contribution is 7.92. The highest BCUT2D eigenvalue weighted by Gasteiger charge is 2.20. The van der Waals surface area contributed by atoms with E-state index in [-0.39, 0.29) is 21.6 Å². The lowest BCUT2D eigenvalue weighted by atomic mass is 10.3. The summed E-state index contributed by atoms with van der Waals surface area (Å²) >= 11 is 5.72. The topological polar surface area (TPSA) is 79.5 Å². The SMILES string of the molecule is O=S(=O)(Nc1ccc(F)cc1Cl)c1ccc(CO)o1. The molecule has 0 aliphatic rings. The summed E-state index contributed by atoms with van der Waals surface area (Å²) in [5.41, 5.74) is 0.0324. The maximum absolute atomic E-state index is 12.8. The van der Waals surface area contributed by atoms with Crippen LogP contribution in [0.2, 0.25) is 5.02 Å². The molecule has 0 fully saturated rings. The van der Waals surface area contributed by atoms with Crippen LogP contribution in [0.15, 0.2) is 39.8 Å². The summed E-state index contributed by atoms with van der Waals surface area (Å²) in [4.78, 5) is 0. The van der Waals surface area contributed by atoms with E-state index in [1.54, 1.807) is 0 Å². The predicted octanol–water partition coefficient (Wildman–Crippen LogP) is 2.37. The van der Waals surface area contributed by atoms with Crippen LogP contribution in [0, 0.1) is 5.82 Å². The predicted molar refractivity (Wildman–Crippen MR) is 66.8 cm³/mol. The van der Waals surface area contributed by atoms with Crippen molar-refractivity contribution in [3.8, 4) is 0 Å². The average molecular weight is 306 g/mol. The fraction of sp³-hybridized carbons (Fsp3) is 0.0909. The second-order valence-corrected chi connectivity index (χ2v) is 5.63. The van der Waals surface area contributed by atoms with Gasteiger partial charge in [0.2, 0.25) is 5.09 Å². The van der Waals surface area contributed by atoms with Crippen molar-refractivity contribution < 1.29 is 22.3 Å². The quantitative estimate of drug-likeness (QED) is 0.909. The molecule has 19 heavy (non-hydrogen) atoms. The molecule has 8 heteroatoms. The van der Waals surface area contributed by atoms with Gasteiger partial charge in [-0.15, -0.1) is 0 Å². The lowest BCUT2D eigenvalue weighted by molar-refractivity contribution is 0.236. The van der Waals surface area contributed by atoms with E-state index >= 15 is 0 Å². The molecule has 0 bridgehead atoms. The Bertz CT molecular complexity index is 698. The van der Waals surface area contributed by atoms with Crippen molar-refractivity contribution >= 4 is 27.3 Å². The van der Waals surface area contributed by atoms with Crippen LogP contribution in [0.4, 0.5) is 10.1 Å². The number of halogens is 2. The number of sulfonamides is 1. The molecule has 0 radical (unpaired) electrons. The molecule has 1 aromatic heterocycles. The van der Waals surface area contributed by atoms with Gasteiger partial charge in [-0.1, -0.05) is 11.6 Å². The molecule has 0 atom stereocenters. The first-order valence-corrected chi connectivity index (χ1v) is 6.96. The molecule has 1 aromatic carbocycles. The molecule has 1 heterocycles. The van der Waals surface area contributed by atoms with Crippen molar-refractivity contribution in [2.75, 3.05) is 4.72 Å². The summed E-state index contributed by atoms with van der Waals surface area (Å²) in [6.07, 6.45) is 0. The van der Waals surface area contributed by atoms with Gasteiger partial charge in [-0.05, 0) is 30.3 Å². The minimum absolute atomic E-state index is 0.0324. The van der Waals surface area contributed by atoms with E-state index in [0.717, 1.165) is 12.1 Å². The van der Waals surface area contributed by atoms with Crippen LogP contribution in [0.3, 0.4) is 0 Å². The van der Waals surface area contributed by atoms with Crippen LogP contribution in [-0.2, 0) is 16.6 Å². The van der Waals surface area contributed by atoms with Crippen LogP contribution in [0.1, 0.15) is 5.76 Å². The maximum Gasteiger partial charge on any atom is 0.295 e. The van der Waals surface area contributed by atoms with Gasteiger partial charge in [-0.25, -0.2) is 4.39 Å². The second-order valence-electron chi connectivity index (χ2n) is 3.61. The summed E-state index contributed by atoms with van der Waals surface area (Å²) in [5.74, 6) is -0.459. The molecule has 0 aliphatic carbocycles. The van der Waals surface area contributed by atoms with Gasteiger partial charge in [-0.2, -0.15) is 8.42 Å². The molecular formula is C11H9ClFNO4S. The second kappa shape index (κ2) is 5.20. The zero-order chi connectivity index (χ0) is 14.0. The van der Waals surface area contributed by atoms with E-state index in [2.05, 4.69) is 4.72 Å². The fourth-order valence-corrected chi connectivity index (χ4v) is 2.66. The van der Waals surface area contributed by atoms with E-state index in [0.29, 0.717) is 0 Å². The van der Waals surface area contributed by atoms with Gasteiger partial charge in [0.1, 0.15) is 18.2 Å². The molecule has 2 rings (SSSR count). The molecule has 0 amide bonds. The van der Waals surface area contributed by atoms with Crippen molar-refractivity contribution in [2.24, 2.45) is 0 Å². The lowest BCUT2D eigenvalue weighted by Crippen LogP contribution is -2.12. The number of anilines is 1. The lowest BCUT2D eigenvalue weighted by Gasteiger charge is -2.07. The van der Waals surface area contributed by atoms with E-state index in [9.17, 15) is 12.8 Å². The Morgan fingerprint density at radius 3 is 2.63 bits per heavy atom. The van der Waals surface area contributed by atoms with Gasteiger partial charge in [-0.3, -0.25) is 4.72 Å². The smallest absolute Gasteiger partial charge is 0.295 e. The summed E-state index contributed by atoms with van der Waals surface area (Å²) in [6, 6.07) is 5.79. The summed E-state index contributed by atoms with van der Waals surface area (Å²) in [6.45, 7) is -0.410. The summed E-state index contributed by atoms with van der Waals surface area (Å²) in [5, 5.41) is 8.37. The summed E-state index contributed by atoms with van der Waals surface area (Å²) < 4.78 is 43.8. The Morgan fingerprint density at radius 1 is 1.32 bits per heavy atom. The van der Waals surface area contributed by atoms with Crippen molar-refractivity contribution in [1.29, 1.82) is 0 Å². The van der Waals surface area contributed by atoms with Crippen molar-refractivity contribution in [3.63, 3.8) is 0 Å². The maximum atomic E-state index is 12.8. The third-order valence-corrected chi connectivity index (χ3v) is 3.78. The number of aliphatic hydroxyl groups excluding tert-OH is 1. The zero-order valence-electron chi connectivity index (χ0n) is 9.43. The zero-order valence-corrected chi connectivity index (χ0v) is 11.0. The number of hydrogen-bond donors (Lipinski definition) is 2. The van der Waals surface area contributed by atoms with Crippen LogP contribution in [0.5, 0.6) is 0 Å². The Labute approximate surface area is 113 Å². The Hall–Kier alpha value is -1.57. The van der Waals surface area contributed by atoms with E-state index in [1.807, 2.05) is 0 Å². The highest BCUT2D eigenvalue weighted by Crippen LogP contribution is 2.25. The van der Waals surface area contributed by atoms with Gasteiger partial charge < -0.3 is 9.52 Å². The van der Waals surface area contributed by atoms with Crippen molar-refractivity contribution in [2.45, 2.75) is 11.7 Å². The number of furan rings is 1. The summed E-state index contributed by atoms with van der Waals surface area (Å²) in [7, 11) is -3.97. The molecule has 2 N–H and O–H groups in total. The normalized spacial score (nSPS) is 11.5. The average Bonchev–Trinajstić information content (AvgIpc) is 2.82. The van der Waals surface area contributed by atoms with Gasteiger partial charge in [0.25, 0.3) is 10.0 Å². The van der Waals surface area contributed by atoms with E-state index < -0.39 is 22.4 Å². The molecule has 0 spiro atoms.